The Morgan fingerprint density at radius 2 is 1.63 bits per heavy atom. The maximum atomic E-state index is 12.1. The molecule has 0 fully saturated rings. The third kappa shape index (κ3) is 4.34. The van der Waals surface area contributed by atoms with Crippen molar-refractivity contribution >= 4 is 33.2 Å². The minimum atomic E-state index is -0.344. The maximum Gasteiger partial charge on any atom is 0.340 e. The fourth-order valence-electron chi connectivity index (χ4n) is 4.01. The zero-order chi connectivity index (χ0) is 20.9. The summed E-state index contributed by atoms with van der Waals surface area (Å²) in [7, 11) is 1.40. The van der Waals surface area contributed by atoms with E-state index in [0.717, 1.165) is 36.0 Å². The number of hydrogen-bond acceptors (Lipinski definition) is 3. The second-order valence-electron chi connectivity index (χ2n) is 7.33. The van der Waals surface area contributed by atoms with Crippen LogP contribution in [0.2, 0.25) is 0 Å². The number of anilines is 1. The van der Waals surface area contributed by atoms with Gasteiger partial charge in [0.05, 0.1) is 12.7 Å². The van der Waals surface area contributed by atoms with Gasteiger partial charge < -0.3 is 10.1 Å². The maximum absolute atomic E-state index is 12.1. The second kappa shape index (κ2) is 9.31. The number of hydrogen-bond donors (Lipinski definition) is 1. The average Bonchev–Trinajstić information content (AvgIpc) is 2.94. The summed E-state index contributed by atoms with van der Waals surface area (Å²) in [5, 5.41) is 3.39. The van der Waals surface area contributed by atoms with Gasteiger partial charge in [-0.25, -0.2) is 4.79 Å². The quantitative estimate of drug-likeness (QED) is 0.359. The zero-order valence-electron chi connectivity index (χ0n) is 17.0. The normalized spacial score (nSPS) is 12.4. The zero-order valence-corrected chi connectivity index (χ0v) is 18.5. The highest BCUT2D eigenvalue weighted by Crippen LogP contribution is 2.33. The van der Waals surface area contributed by atoms with Gasteiger partial charge in [0.15, 0.2) is 0 Å². The van der Waals surface area contributed by atoms with E-state index in [1.165, 1.54) is 34.9 Å². The molecule has 0 amide bonds. The lowest BCUT2D eigenvalue weighted by molar-refractivity contribution is 0.0601. The number of carbonyl (C=O) groups excluding carboxylic acids is 1. The smallest absolute Gasteiger partial charge is 0.340 e. The second-order valence-corrected chi connectivity index (χ2v) is 8.24. The lowest BCUT2D eigenvalue weighted by Crippen LogP contribution is -2.09. The molecule has 0 saturated carbocycles. The van der Waals surface area contributed by atoms with E-state index < -0.39 is 0 Å². The monoisotopic (exact) mass is 461 g/mol. The lowest BCUT2D eigenvalue weighted by atomic mass is 9.93. The van der Waals surface area contributed by atoms with Crippen LogP contribution in [0.25, 0.3) is 5.57 Å². The fourth-order valence-corrected chi connectivity index (χ4v) is 4.37. The molecule has 3 aromatic carbocycles. The largest absolute Gasteiger partial charge is 0.465 e. The third-order valence-corrected chi connectivity index (χ3v) is 5.97. The average molecular weight is 462 g/mol. The third-order valence-electron chi connectivity index (χ3n) is 5.47. The number of fused-ring (bicyclic) bond motifs is 2. The van der Waals surface area contributed by atoms with Gasteiger partial charge in [0.1, 0.15) is 0 Å². The topological polar surface area (TPSA) is 38.3 Å². The molecule has 1 aliphatic rings. The molecule has 0 atom stereocenters. The summed E-state index contributed by atoms with van der Waals surface area (Å²) in [6.45, 7) is 0.722. The summed E-state index contributed by atoms with van der Waals surface area (Å²) in [6, 6.07) is 23.0. The number of benzene rings is 3. The van der Waals surface area contributed by atoms with Gasteiger partial charge in [0, 0.05) is 16.7 Å². The number of aryl methyl sites for hydroxylation is 2. The predicted molar refractivity (Wildman–Crippen MR) is 126 cm³/mol. The number of carbonyl (C=O) groups is 1. The van der Waals surface area contributed by atoms with Crippen LogP contribution in [0.3, 0.4) is 0 Å². The Hall–Kier alpha value is -2.85. The molecule has 0 aliphatic heterocycles. The molecular weight excluding hydrogens is 438 g/mol. The first-order valence-corrected chi connectivity index (χ1v) is 10.9. The summed E-state index contributed by atoms with van der Waals surface area (Å²) >= 11 is 3.42. The van der Waals surface area contributed by atoms with E-state index in [0.29, 0.717) is 5.56 Å². The summed E-state index contributed by atoms with van der Waals surface area (Å²) in [4.78, 5) is 12.1. The molecule has 0 radical (unpaired) electrons. The Bertz CT molecular complexity index is 1050. The van der Waals surface area contributed by atoms with E-state index in [1.807, 2.05) is 12.1 Å². The standard InChI is InChI=1S/C26H24BrNO2/c1-30-26(29)24-17-20(27)14-15-25(24)28-16-6-11-23-21-9-4-2-7-18(21)12-13-19-8-3-5-10-22(19)23/h2-5,7-11,14-15,17,28H,6,12-13,16H2,1H3. The van der Waals surface area contributed by atoms with E-state index in [2.05, 4.69) is 75.9 Å². The van der Waals surface area contributed by atoms with Crippen LogP contribution in [0, 0.1) is 0 Å². The molecule has 0 unspecified atom stereocenters. The van der Waals surface area contributed by atoms with E-state index >= 15 is 0 Å². The van der Waals surface area contributed by atoms with Crippen LogP contribution in [0.15, 0.2) is 77.3 Å². The predicted octanol–water partition coefficient (Wildman–Crippen LogP) is 6.27. The number of methoxy groups -OCH3 is 1. The number of esters is 1. The van der Waals surface area contributed by atoms with Crippen molar-refractivity contribution in [3.8, 4) is 0 Å². The summed E-state index contributed by atoms with van der Waals surface area (Å²) in [5.74, 6) is -0.344. The highest BCUT2D eigenvalue weighted by molar-refractivity contribution is 9.10. The summed E-state index contributed by atoms with van der Waals surface area (Å²) < 4.78 is 5.76. The Morgan fingerprint density at radius 1 is 1.00 bits per heavy atom. The summed E-state index contributed by atoms with van der Waals surface area (Å²) in [5.41, 5.74) is 8.05. The van der Waals surface area contributed by atoms with E-state index in [1.54, 1.807) is 6.07 Å². The minimum Gasteiger partial charge on any atom is -0.465 e. The van der Waals surface area contributed by atoms with Crippen LogP contribution in [0.5, 0.6) is 0 Å². The molecule has 1 aliphatic carbocycles. The number of nitrogens with one attached hydrogen (secondary N) is 1. The van der Waals surface area contributed by atoms with Gasteiger partial charge in [0.2, 0.25) is 0 Å². The van der Waals surface area contributed by atoms with E-state index in [4.69, 9.17) is 4.74 Å². The Labute approximate surface area is 185 Å². The molecule has 30 heavy (non-hydrogen) atoms. The Balaban J connectivity index is 1.58. The molecule has 0 heterocycles. The molecular formula is C26H24BrNO2. The highest BCUT2D eigenvalue weighted by Gasteiger charge is 2.17. The molecule has 0 saturated heterocycles. The molecule has 4 heteroatoms. The van der Waals surface area contributed by atoms with Gasteiger partial charge in [-0.2, -0.15) is 0 Å². The minimum absolute atomic E-state index is 0.344. The molecule has 4 rings (SSSR count). The van der Waals surface area contributed by atoms with Gasteiger partial charge in [-0.1, -0.05) is 70.5 Å². The lowest BCUT2D eigenvalue weighted by Gasteiger charge is -2.13. The molecule has 3 aromatic rings. The number of halogens is 1. The van der Waals surface area contributed by atoms with Gasteiger partial charge in [-0.3, -0.25) is 0 Å². The van der Waals surface area contributed by atoms with Crippen LogP contribution in [0.1, 0.15) is 39.0 Å². The van der Waals surface area contributed by atoms with Crippen LogP contribution in [-0.4, -0.2) is 19.6 Å². The van der Waals surface area contributed by atoms with Crippen LogP contribution in [-0.2, 0) is 17.6 Å². The number of ether oxygens (including phenoxy) is 1. The molecule has 1 N–H and O–H groups in total. The van der Waals surface area contributed by atoms with Crippen LogP contribution >= 0.6 is 15.9 Å². The Morgan fingerprint density at radius 3 is 2.27 bits per heavy atom. The summed E-state index contributed by atoms with van der Waals surface area (Å²) in [6.07, 6.45) is 5.27. The first-order valence-electron chi connectivity index (χ1n) is 10.2. The van der Waals surface area contributed by atoms with Crippen molar-refractivity contribution in [2.24, 2.45) is 0 Å². The van der Waals surface area contributed by atoms with E-state index in [-0.39, 0.29) is 5.97 Å². The van der Waals surface area contributed by atoms with Crippen LogP contribution in [0.4, 0.5) is 5.69 Å². The fraction of sp³-hybridized carbons (Fsp3) is 0.192. The van der Waals surface area contributed by atoms with Crippen molar-refractivity contribution in [2.75, 3.05) is 19.0 Å². The highest BCUT2D eigenvalue weighted by atomic mass is 79.9. The van der Waals surface area contributed by atoms with Crippen molar-refractivity contribution in [3.05, 3.63) is 105 Å². The van der Waals surface area contributed by atoms with Crippen molar-refractivity contribution in [1.82, 2.24) is 0 Å². The SMILES string of the molecule is COC(=O)c1cc(Br)ccc1NCCC=C1c2ccccc2CCc2ccccc21. The van der Waals surface area contributed by atoms with E-state index in [9.17, 15) is 4.79 Å². The van der Waals surface area contributed by atoms with Crippen molar-refractivity contribution < 1.29 is 9.53 Å². The van der Waals surface area contributed by atoms with Gasteiger partial charge in [-0.05, 0) is 65.3 Å². The molecule has 152 valence electrons. The van der Waals surface area contributed by atoms with Gasteiger partial charge >= 0.3 is 5.97 Å². The van der Waals surface area contributed by atoms with Crippen molar-refractivity contribution in [3.63, 3.8) is 0 Å². The van der Waals surface area contributed by atoms with Crippen molar-refractivity contribution in [1.29, 1.82) is 0 Å². The molecule has 3 nitrogen and oxygen atoms in total. The number of rotatable bonds is 5. The molecule has 0 aromatic heterocycles. The first kappa shape index (κ1) is 20.4. The van der Waals surface area contributed by atoms with Crippen molar-refractivity contribution in [2.45, 2.75) is 19.3 Å². The van der Waals surface area contributed by atoms with Gasteiger partial charge in [-0.15, -0.1) is 0 Å². The molecule has 0 spiro atoms. The Kier molecular flexibility index (Phi) is 6.34. The molecule has 0 bridgehead atoms. The first-order chi connectivity index (χ1) is 14.7. The van der Waals surface area contributed by atoms with Crippen LogP contribution < -0.4 is 5.32 Å². The van der Waals surface area contributed by atoms with Gasteiger partial charge in [0.25, 0.3) is 0 Å².